The van der Waals surface area contributed by atoms with Crippen LogP contribution < -0.4 is 21.7 Å². The van der Waals surface area contributed by atoms with Gasteiger partial charge in [-0.15, -0.1) is 0 Å². The lowest BCUT2D eigenvalue weighted by molar-refractivity contribution is -0.309. The molecule has 2 rings (SSSR count). The Morgan fingerprint density at radius 2 is 1.81 bits per heavy atom. The van der Waals surface area contributed by atoms with E-state index in [-0.39, 0.29) is 11.3 Å². The van der Waals surface area contributed by atoms with Gasteiger partial charge in [-0.1, -0.05) is 46.2 Å². The maximum atomic E-state index is 12.9. The summed E-state index contributed by atoms with van der Waals surface area (Å²) < 4.78 is 0.874. The number of amides is 1. The van der Waals surface area contributed by atoms with E-state index in [1.807, 2.05) is 6.92 Å². The molecule has 1 amide bonds. The molecular formula is C19H24N3O5-. The molecule has 0 radical (unpaired) electrons. The Bertz CT molecular complexity index is 960. The molecule has 0 aliphatic heterocycles. The minimum absolute atomic E-state index is 0.276. The number of H-pyrrole nitrogens is 1. The molecular weight excluding hydrogens is 350 g/mol. The smallest absolute Gasteiger partial charge is 0.329 e. The third-order valence-corrected chi connectivity index (χ3v) is 4.78. The average molecular weight is 374 g/mol. The second-order valence-electron chi connectivity index (χ2n) is 7.03. The zero-order chi connectivity index (χ0) is 20.3. The second kappa shape index (κ2) is 8.20. The van der Waals surface area contributed by atoms with Gasteiger partial charge in [0, 0.05) is 0 Å². The molecule has 27 heavy (non-hydrogen) atoms. The third kappa shape index (κ3) is 4.10. The van der Waals surface area contributed by atoms with Crippen LogP contribution in [0.3, 0.4) is 0 Å². The van der Waals surface area contributed by atoms with Crippen molar-refractivity contribution in [2.45, 2.75) is 46.2 Å². The Labute approximate surface area is 156 Å². The highest BCUT2D eigenvalue weighted by Gasteiger charge is 2.31. The molecule has 3 atom stereocenters. The van der Waals surface area contributed by atoms with E-state index in [4.69, 9.17) is 0 Å². The maximum absolute atomic E-state index is 12.9. The molecule has 1 aromatic heterocycles. The van der Waals surface area contributed by atoms with Crippen molar-refractivity contribution >= 4 is 22.8 Å². The minimum Gasteiger partial charge on any atom is -0.548 e. The van der Waals surface area contributed by atoms with Crippen molar-refractivity contribution in [3.8, 4) is 0 Å². The molecule has 1 heterocycles. The number of aromatic amines is 1. The van der Waals surface area contributed by atoms with Crippen molar-refractivity contribution in [1.82, 2.24) is 14.9 Å². The van der Waals surface area contributed by atoms with Crippen LogP contribution in [0, 0.1) is 11.8 Å². The summed E-state index contributed by atoms with van der Waals surface area (Å²) in [4.78, 5) is 52.3. The Kier molecular flexibility index (Phi) is 6.20. The van der Waals surface area contributed by atoms with Gasteiger partial charge in [0.2, 0.25) is 5.91 Å². The van der Waals surface area contributed by atoms with Crippen LogP contribution in [0.15, 0.2) is 33.9 Å². The molecule has 1 aromatic carbocycles. The predicted octanol–water partition coefficient (Wildman–Crippen LogP) is 0.168. The Morgan fingerprint density at radius 3 is 2.37 bits per heavy atom. The number of hydrogen-bond donors (Lipinski definition) is 2. The number of nitrogens with one attached hydrogen (secondary N) is 2. The molecule has 0 aliphatic rings. The van der Waals surface area contributed by atoms with Crippen LogP contribution in [0.2, 0.25) is 0 Å². The van der Waals surface area contributed by atoms with Crippen molar-refractivity contribution in [2.24, 2.45) is 11.8 Å². The maximum Gasteiger partial charge on any atom is 0.329 e. The molecule has 146 valence electrons. The van der Waals surface area contributed by atoms with Gasteiger partial charge in [0.25, 0.3) is 5.56 Å². The van der Waals surface area contributed by atoms with Crippen LogP contribution in [0.25, 0.3) is 10.9 Å². The number of nitrogens with zero attached hydrogens (tertiary/aromatic N) is 1. The number of carbonyl (C=O) groups is 2. The fourth-order valence-electron chi connectivity index (χ4n) is 3.02. The number of aromatic nitrogens is 2. The molecule has 0 saturated heterocycles. The largest absolute Gasteiger partial charge is 0.548 e. The van der Waals surface area contributed by atoms with Crippen LogP contribution in [0.1, 0.15) is 40.2 Å². The van der Waals surface area contributed by atoms with E-state index in [9.17, 15) is 24.3 Å². The first kappa shape index (κ1) is 20.4. The van der Waals surface area contributed by atoms with Gasteiger partial charge in [0.15, 0.2) is 0 Å². The van der Waals surface area contributed by atoms with Gasteiger partial charge in [-0.2, -0.15) is 0 Å². The predicted molar refractivity (Wildman–Crippen MR) is 99.1 cm³/mol. The van der Waals surface area contributed by atoms with Crippen LogP contribution >= 0.6 is 0 Å². The number of carboxylic acid groups (broad SMARTS) is 1. The monoisotopic (exact) mass is 374 g/mol. The van der Waals surface area contributed by atoms with Gasteiger partial charge >= 0.3 is 5.69 Å². The Hall–Kier alpha value is -2.90. The summed E-state index contributed by atoms with van der Waals surface area (Å²) in [5.74, 6) is -2.90. The third-order valence-electron chi connectivity index (χ3n) is 4.78. The highest BCUT2D eigenvalue weighted by Crippen LogP contribution is 2.20. The fourth-order valence-corrected chi connectivity index (χ4v) is 3.02. The van der Waals surface area contributed by atoms with Gasteiger partial charge < -0.3 is 20.2 Å². The summed E-state index contributed by atoms with van der Waals surface area (Å²) in [5, 5.41) is 14.0. The number of fused-ring (bicyclic) bond motifs is 1. The average Bonchev–Trinajstić information content (AvgIpc) is 2.61. The van der Waals surface area contributed by atoms with E-state index in [1.165, 1.54) is 0 Å². The lowest BCUT2D eigenvalue weighted by Gasteiger charge is -2.29. The molecule has 0 bridgehead atoms. The standard InChI is InChI=1S/C19H25N3O5/c1-5-11(4)15(16(23)21-14(10(2)3)18(25)26)22-17(24)12-8-6-7-9-13(12)20-19(22)27/h6-11,14-15H,5H2,1-4H3,(H,20,27)(H,21,23)(H,25,26)/p-1/t11-,14-,15-/m0/s1. The van der Waals surface area contributed by atoms with E-state index in [1.54, 1.807) is 45.0 Å². The molecule has 8 nitrogen and oxygen atoms in total. The van der Waals surface area contributed by atoms with Crippen molar-refractivity contribution in [3.63, 3.8) is 0 Å². The Balaban J connectivity index is 2.60. The summed E-state index contributed by atoms with van der Waals surface area (Å²) in [6.45, 7) is 6.82. The minimum atomic E-state index is -1.42. The molecule has 0 aliphatic carbocycles. The van der Waals surface area contributed by atoms with Gasteiger partial charge in [0.1, 0.15) is 6.04 Å². The number of hydrogen-bond acceptors (Lipinski definition) is 5. The number of benzene rings is 1. The number of carbonyl (C=O) groups excluding carboxylic acids is 2. The summed E-state index contributed by atoms with van der Waals surface area (Å²) in [6, 6.07) is 4.15. The molecule has 2 N–H and O–H groups in total. The zero-order valence-corrected chi connectivity index (χ0v) is 15.8. The molecule has 8 heteroatoms. The molecule has 0 fully saturated rings. The van der Waals surface area contributed by atoms with Crippen LogP contribution in [0.4, 0.5) is 0 Å². The molecule has 0 unspecified atom stereocenters. The summed E-state index contributed by atoms with van der Waals surface area (Å²) in [7, 11) is 0. The topological polar surface area (TPSA) is 124 Å². The number of para-hydroxylation sites is 1. The number of aliphatic carboxylic acids is 1. The quantitative estimate of drug-likeness (QED) is 0.715. The molecule has 0 spiro atoms. The highest BCUT2D eigenvalue weighted by molar-refractivity contribution is 5.86. The lowest BCUT2D eigenvalue weighted by atomic mass is 9.96. The summed E-state index contributed by atoms with van der Waals surface area (Å²) in [6.07, 6.45) is 0.508. The summed E-state index contributed by atoms with van der Waals surface area (Å²) in [5.41, 5.74) is -0.931. The van der Waals surface area contributed by atoms with Gasteiger partial charge in [-0.25, -0.2) is 9.36 Å². The van der Waals surface area contributed by atoms with Crippen molar-refractivity contribution in [1.29, 1.82) is 0 Å². The Morgan fingerprint density at radius 1 is 1.19 bits per heavy atom. The van der Waals surface area contributed by atoms with Gasteiger partial charge in [-0.3, -0.25) is 9.59 Å². The molecule has 0 saturated carbocycles. The molecule has 2 aromatic rings. The zero-order valence-electron chi connectivity index (χ0n) is 15.8. The van der Waals surface area contributed by atoms with Crippen LogP contribution in [0.5, 0.6) is 0 Å². The number of carboxylic acids is 1. The van der Waals surface area contributed by atoms with E-state index in [0.717, 1.165) is 4.57 Å². The van der Waals surface area contributed by atoms with Crippen LogP contribution in [-0.4, -0.2) is 27.5 Å². The fraction of sp³-hybridized carbons (Fsp3) is 0.474. The van der Waals surface area contributed by atoms with E-state index in [2.05, 4.69) is 10.3 Å². The van der Waals surface area contributed by atoms with E-state index >= 15 is 0 Å². The second-order valence-corrected chi connectivity index (χ2v) is 7.03. The normalized spacial score (nSPS) is 14.7. The first-order chi connectivity index (χ1) is 12.7. The van der Waals surface area contributed by atoms with E-state index in [0.29, 0.717) is 11.9 Å². The number of rotatable bonds is 7. The summed E-state index contributed by atoms with van der Waals surface area (Å²) >= 11 is 0. The van der Waals surface area contributed by atoms with Crippen molar-refractivity contribution < 1.29 is 14.7 Å². The van der Waals surface area contributed by atoms with Crippen LogP contribution in [-0.2, 0) is 9.59 Å². The SMILES string of the molecule is CC[C@H](C)[C@@H](C(=O)N[C@H](C(=O)[O-])C(C)C)n1c(=O)[nH]c2ccccc2c1=O. The first-order valence-electron chi connectivity index (χ1n) is 8.93. The van der Waals surface area contributed by atoms with Gasteiger partial charge in [0.05, 0.1) is 22.9 Å². The lowest BCUT2D eigenvalue weighted by Crippen LogP contribution is -2.55. The van der Waals surface area contributed by atoms with Crippen molar-refractivity contribution in [2.75, 3.05) is 0 Å². The van der Waals surface area contributed by atoms with Gasteiger partial charge in [-0.05, 0) is 24.0 Å². The van der Waals surface area contributed by atoms with E-state index < -0.39 is 41.1 Å². The van der Waals surface area contributed by atoms with Crippen molar-refractivity contribution in [3.05, 3.63) is 45.1 Å². The first-order valence-corrected chi connectivity index (χ1v) is 8.93. The highest BCUT2D eigenvalue weighted by atomic mass is 16.4.